The summed E-state index contributed by atoms with van der Waals surface area (Å²) in [5.74, 6) is 1.45. The highest BCUT2D eigenvalue weighted by Crippen LogP contribution is 2.33. The van der Waals surface area contributed by atoms with Crippen molar-refractivity contribution in [2.45, 2.75) is 19.9 Å². The molecule has 0 saturated carbocycles. The summed E-state index contributed by atoms with van der Waals surface area (Å²) in [6.07, 6.45) is 0.297. The van der Waals surface area contributed by atoms with Gasteiger partial charge in [-0.05, 0) is 37.3 Å². The van der Waals surface area contributed by atoms with E-state index >= 15 is 0 Å². The molecule has 33 heavy (non-hydrogen) atoms. The first-order valence-electron chi connectivity index (χ1n) is 10.4. The number of nitrogens with zero attached hydrogens (tertiary/aromatic N) is 4. The average molecular weight is 441 g/mol. The number of nitriles is 1. The van der Waals surface area contributed by atoms with E-state index in [1.807, 2.05) is 43.3 Å². The molecule has 2 heterocycles. The van der Waals surface area contributed by atoms with E-state index < -0.39 is 0 Å². The summed E-state index contributed by atoms with van der Waals surface area (Å²) >= 11 is 0. The Morgan fingerprint density at radius 2 is 1.88 bits per heavy atom. The van der Waals surface area contributed by atoms with Crippen LogP contribution in [0.3, 0.4) is 0 Å². The smallest absolute Gasteiger partial charge is 0.257 e. The number of aryl methyl sites for hydroxylation is 2. The molecule has 0 radical (unpaired) electrons. The largest absolute Gasteiger partial charge is 0.493 e. The number of benzene rings is 2. The molecular weight excluding hydrogens is 418 g/mol. The van der Waals surface area contributed by atoms with Gasteiger partial charge in [-0.25, -0.2) is 9.67 Å². The van der Waals surface area contributed by atoms with Crippen molar-refractivity contribution in [3.8, 4) is 28.8 Å². The molecule has 1 N–H and O–H groups in total. The standard InChI is InChI=1S/C25H23N5O3/c1-16-13-24(30(29-16)12-6-11-26)28-25(31)19-15-21(27-20-8-5-4-7-18(19)20)17-9-10-22(32-2)23(14-17)33-3/h4-5,7-10,13-15H,6,12H2,1-3H3,(H,28,31). The summed E-state index contributed by atoms with van der Waals surface area (Å²) < 4.78 is 12.4. The van der Waals surface area contributed by atoms with Crippen LogP contribution in [0.2, 0.25) is 0 Å². The number of nitrogens with one attached hydrogen (secondary N) is 1. The van der Waals surface area contributed by atoms with Crippen LogP contribution in [-0.4, -0.2) is 34.9 Å². The zero-order valence-corrected chi connectivity index (χ0v) is 18.6. The normalized spacial score (nSPS) is 10.6. The van der Waals surface area contributed by atoms with Crippen molar-refractivity contribution in [1.29, 1.82) is 5.26 Å². The highest BCUT2D eigenvalue weighted by molar-refractivity contribution is 6.12. The molecule has 166 valence electrons. The zero-order valence-electron chi connectivity index (χ0n) is 18.6. The van der Waals surface area contributed by atoms with Gasteiger partial charge >= 0.3 is 0 Å². The van der Waals surface area contributed by atoms with Crippen LogP contribution in [0.1, 0.15) is 22.5 Å². The third-order valence-corrected chi connectivity index (χ3v) is 5.22. The molecule has 0 spiro atoms. The molecule has 8 heteroatoms. The fourth-order valence-corrected chi connectivity index (χ4v) is 3.66. The lowest BCUT2D eigenvalue weighted by Crippen LogP contribution is -2.16. The maximum absolute atomic E-state index is 13.4. The van der Waals surface area contributed by atoms with E-state index in [9.17, 15) is 4.79 Å². The van der Waals surface area contributed by atoms with Crippen molar-refractivity contribution in [2.24, 2.45) is 0 Å². The molecule has 8 nitrogen and oxygen atoms in total. The maximum Gasteiger partial charge on any atom is 0.257 e. The molecular formula is C25H23N5O3. The fourth-order valence-electron chi connectivity index (χ4n) is 3.66. The first-order chi connectivity index (χ1) is 16.0. The quantitative estimate of drug-likeness (QED) is 0.450. The van der Waals surface area contributed by atoms with Crippen molar-refractivity contribution >= 4 is 22.6 Å². The molecule has 1 amide bonds. The lowest BCUT2D eigenvalue weighted by Gasteiger charge is -2.13. The molecule has 0 atom stereocenters. The Hall–Kier alpha value is -4.38. The van der Waals surface area contributed by atoms with Gasteiger partial charge in [0.05, 0.1) is 55.7 Å². The van der Waals surface area contributed by atoms with E-state index in [0.29, 0.717) is 47.1 Å². The van der Waals surface area contributed by atoms with Crippen LogP contribution < -0.4 is 14.8 Å². The highest BCUT2D eigenvalue weighted by atomic mass is 16.5. The second kappa shape index (κ2) is 9.40. The number of ether oxygens (including phenoxy) is 2. The number of carbonyl (C=O) groups is 1. The first kappa shape index (κ1) is 21.8. The van der Waals surface area contributed by atoms with E-state index in [1.165, 1.54) is 0 Å². The third-order valence-electron chi connectivity index (χ3n) is 5.22. The summed E-state index contributed by atoms with van der Waals surface area (Å²) in [5.41, 5.74) is 3.37. The zero-order chi connectivity index (χ0) is 23.4. The van der Waals surface area contributed by atoms with Gasteiger partial charge in [0.1, 0.15) is 5.82 Å². The van der Waals surface area contributed by atoms with Crippen LogP contribution in [0.5, 0.6) is 11.5 Å². The van der Waals surface area contributed by atoms with Gasteiger partial charge in [0, 0.05) is 17.0 Å². The first-order valence-corrected chi connectivity index (χ1v) is 10.4. The number of hydrogen-bond donors (Lipinski definition) is 1. The number of rotatable bonds is 7. The molecule has 4 rings (SSSR count). The van der Waals surface area contributed by atoms with E-state index in [0.717, 1.165) is 16.6 Å². The molecule has 4 aromatic rings. The Morgan fingerprint density at radius 3 is 2.64 bits per heavy atom. The highest BCUT2D eigenvalue weighted by Gasteiger charge is 2.17. The van der Waals surface area contributed by atoms with Crippen molar-refractivity contribution in [2.75, 3.05) is 19.5 Å². The lowest BCUT2D eigenvalue weighted by atomic mass is 10.0. The van der Waals surface area contributed by atoms with Crippen molar-refractivity contribution in [1.82, 2.24) is 14.8 Å². The lowest BCUT2D eigenvalue weighted by molar-refractivity contribution is 0.102. The van der Waals surface area contributed by atoms with Crippen LogP contribution in [0.4, 0.5) is 5.82 Å². The van der Waals surface area contributed by atoms with E-state index in [1.54, 1.807) is 37.1 Å². The summed E-state index contributed by atoms with van der Waals surface area (Å²) in [4.78, 5) is 18.1. The number of pyridine rings is 1. The van der Waals surface area contributed by atoms with Gasteiger partial charge in [-0.2, -0.15) is 10.4 Å². The summed E-state index contributed by atoms with van der Waals surface area (Å²) in [6, 6.07) is 18.7. The molecule has 0 aliphatic rings. The number of amides is 1. The minimum absolute atomic E-state index is 0.284. The van der Waals surface area contributed by atoms with Crippen LogP contribution in [0.15, 0.2) is 54.6 Å². The van der Waals surface area contributed by atoms with Crippen LogP contribution in [0.25, 0.3) is 22.2 Å². The van der Waals surface area contributed by atoms with E-state index in [4.69, 9.17) is 19.7 Å². The number of methoxy groups -OCH3 is 2. The van der Waals surface area contributed by atoms with Gasteiger partial charge in [0.2, 0.25) is 0 Å². The van der Waals surface area contributed by atoms with E-state index in [2.05, 4.69) is 16.5 Å². The van der Waals surface area contributed by atoms with Crippen LogP contribution in [0, 0.1) is 18.3 Å². The third kappa shape index (κ3) is 4.48. The number of fused-ring (bicyclic) bond motifs is 1. The summed E-state index contributed by atoms with van der Waals surface area (Å²) in [6.45, 7) is 2.24. The van der Waals surface area contributed by atoms with Gasteiger partial charge < -0.3 is 14.8 Å². The summed E-state index contributed by atoms with van der Waals surface area (Å²) in [7, 11) is 3.16. The fraction of sp³-hybridized carbons (Fsp3) is 0.200. The summed E-state index contributed by atoms with van der Waals surface area (Å²) in [5, 5.41) is 17.0. The van der Waals surface area contributed by atoms with Gasteiger partial charge in [0.25, 0.3) is 5.91 Å². The molecule has 0 aliphatic heterocycles. The number of hydrogen-bond acceptors (Lipinski definition) is 6. The minimum Gasteiger partial charge on any atom is -0.493 e. The SMILES string of the molecule is COc1ccc(-c2cc(C(=O)Nc3cc(C)nn3CCC#N)c3ccccc3n2)cc1OC. The maximum atomic E-state index is 13.4. The van der Waals surface area contributed by atoms with Crippen molar-refractivity contribution in [3.63, 3.8) is 0 Å². The molecule has 2 aromatic carbocycles. The second-order valence-electron chi connectivity index (χ2n) is 7.40. The predicted molar refractivity (Wildman–Crippen MR) is 125 cm³/mol. The average Bonchev–Trinajstić information content (AvgIpc) is 3.19. The Bertz CT molecular complexity index is 1370. The minimum atomic E-state index is -0.284. The monoisotopic (exact) mass is 441 g/mol. The molecule has 2 aromatic heterocycles. The topological polar surface area (TPSA) is 102 Å². The number of para-hydroxylation sites is 1. The van der Waals surface area contributed by atoms with Crippen LogP contribution in [-0.2, 0) is 6.54 Å². The van der Waals surface area contributed by atoms with Crippen molar-refractivity contribution in [3.05, 3.63) is 65.9 Å². The number of anilines is 1. The Kier molecular flexibility index (Phi) is 6.22. The Labute approximate surface area is 191 Å². The predicted octanol–water partition coefficient (Wildman–Crippen LogP) is 4.59. The second-order valence-corrected chi connectivity index (χ2v) is 7.40. The Balaban J connectivity index is 1.77. The molecule has 0 saturated heterocycles. The molecule has 0 fully saturated rings. The van der Waals surface area contributed by atoms with Crippen LogP contribution >= 0.6 is 0 Å². The van der Waals surface area contributed by atoms with Crippen molar-refractivity contribution < 1.29 is 14.3 Å². The van der Waals surface area contributed by atoms with Gasteiger partial charge in [-0.3, -0.25) is 4.79 Å². The molecule has 0 bridgehead atoms. The molecule has 0 aliphatic carbocycles. The van der Waals surface area contributed by atoms with E-state index in [-0.39, 0.29) is 5.91 Å². The Morgan fingerprint density at radius 1 is 1.09 bits per heavy atom. The van der Waals surface area contributed by atoms with Gasteiger partial charge in [0.15, 0.2) is 11.5 Å². The number of aromatic nitrogens is 3. The number of carbonyl (C=O) groups excluding carboxylic acids is 1. The molecule has 0 unspecified atom stereocenters. The van der Waals surface area contributed by atoms with Gasteiger partial charge in [-0.15, -0.1) is 0 Å². The van der Waals surface area contributed by atoms with Gasteiger partial charge in [-0.1, -0.05) is 18.2 Å².